The van der Waals surface area contributed by atoms with Crippen LogP contribution in [0.2, 0.25) is 0 Å². The Balaban J connectivity index is 1.93. The summed E-state index contributed by atoms with van der Waals surface area (Å²) in [4.78, 5) is 0. The third kappa shape index (κ3) is 4.29. The highest BCUT2D eigenvalue weighted by molar-refractivity contribution is 5.30. The van der Waals surface area contributed by atoms with Gasteiger partial charge in [0.2, 0.25) is 0 Å². The van der Waals surface area contributed by atoms with Crippen LogP contribution in [0.5, 0.6) is 0 Å². The molecule has 1 aromatic rings. The van der Waals surface area contributed by atoms with Crippen LogP contribution in [0.3, 0.4) is 0 Å². The third-order valence-electron chi connectivity index (χ3n) is 3.42. The van der Waals surface area contributed by atoms with Crippen LogP contribution < -0.4 is 5.32 Å². The van der Waals surface area contributed by atoms with Gasteiger partial charge in [-0.1, -0.05) is 24.3 Å². The Morgan fingerprint density at radius 1 is 1.37 bits per heavy atom. The van der Waals surface area contributed by atoms with E-state index in [1.54, 1.807) is 0 Å². The van der Waals surface area contributed by atoms with Crippen molar-refractivity contribution in [3.8, 4) is 0 Å². The third-order valence-corrected chi connectivity index (χ3v) is 3.42. The molecule has 3 heteroatoms. The number of fused-ring (bicyclic) bond motifs is 1. The second-order valence-electron chi connectivity index (χ2n) is 6.27. The molecule has 2 atom stereocenters. The van der Waals surface area contributed by atoms with Crippen LogP contribution in [0, 0.1) is 0 Å². The van der Waals surface area contributed by atoms with Gasteiger partial charge in [0.25, 0.3) is 0 Å². The highest BCUT2D eigenvalue weighted by atomic mass is 19.1. The van der Waals surface area contributed by atoms with Gasteiger partial charge < -0.3 is 10.1 Å². The Kier molecular flexibility index (Phi) is 4.58. The average Bonchev–Trinajstić information content (AvgIpc) is 2.36. The fourth-order valence-electron chi connectivity index (χ4n) is 2.40. The number of alkyl halides is 1. The molecule has 0 spiro atoms. The van der Waals surface area contributed by atoms with E-state index in [0.29, 0.717) is 19.6 Å². The highest BCUT2D eigenvalue weighted by Crippen LogP contribution is 2.31. The first-order valence-corrected chi connectivity index (χ1v) is 7.04. The summed E-state index contributed by atoms with van der Waals surface area (Å²) in [6.45, 7) is 7.22. The monoisotopic (exact) mass is 265 g/mol. The van der Waals surface area contributed by atoms with Gasteiger partial charge in [-0.05, 0) is 38.3 Å². The van der Waals surface area contributed by atoms with Gasteiger partial charge in [0, 0.05) is 18.5 Å². The van der Waals surface area contributed by atoms with Gasteiger partial charge in [-0.3, -0.25) is 0 Å². The Labute approximate surface area is 115 Å². The molecule has 0 radical (unpaired) electrons. The summed E-state index contributed by atoms with van der Waals surface area (Å²) in [6, 6.07) is 8.21. The van der Waals surface area contributed by atoms with E-state index in [0.717, 1.165) is 12.0 Å². The van der Waals surface area contributed by atoms with E-state index in [1.807, 2.05) is 32.9 Å². The summed E-state index contributed by atoms with van der Waals surface area (Å²) >= 11 is 0. The number of halogens is 1. The standard InChI is InChI=1S/C16H24FNO/c1-16(2,3)18-11-13(17)10-15-14-7-5-4-6-12(14)8-9-19-15/h4-7,13,15,18H,8-11H2,1-3H3. The van der Waals surface area contributed by atoms with Crippen molar-refractivity contribution in [2.45, 2.75) is 51.4 Å². The maximum absolute atomic E-state index is 14.1. The molecule has 1 aliphatic heterocycles. The molecule has 0 aromatic heterocycles. The molecule has 106 valence electrons. The van der Waals surface area contributed by atoms with Crippen LogP contribution in [-0.4, -0.2) is 24.9 Å². The second kappa shape index (κ2) is 6.02. The van der Waals surface area contributed by atoms with Crippen molar-refractivity contribution in [3.05, 3.63) is 35.4 Å². The second-order valence-corrected chi connectivity index (χ2v) is 6.27. The number of nitrogens with one attached hydrogen (secondary N) is 1. The smallest absolute Gasteiger partial charge is 0.115 e. The molecule has 0 fully saturated rings. The lowest BCUT2D eigenvalue weighted by molar-refractivity contribution is 0.0196. The minimum atomic E-state index is -0.879. The molecular weight excluding hydrogens is 241 g/mol. The van der Waals surface area contributed by atoms with E-state index >= 15 is 0 Å². The Morgan fingerprint density at radius 2 is 2.11 bits per heavy atom. The van der Waals surface area contributed by atoms with Crippen molar-refractivity contribution >= 4 is 0 Å². The topological polar surface area (TPSA) is 21.3 Å². The van der Waals surface area contributed by atoms with Crippen LogP contribution in [0.4, 0.5) is 4.39 Å². The first-order chi connectivity index (χ1) is 8.96. The molecule has 0 aliphatic carbocycles. The number of benzene rings is 1. The summed E-state index contributed by atoms with van der Waals surface area (Å²) in [5.41, 5.74) is 2.41. The van der Waals surface area contributed by atoms with Crippen LogP contribution in [-0.2, 0) is 11.2 Å². The van der Waals surface area contributed by atoms with Gasteiger partial charge >= 0.3 is 0 Å². The van der Waals surface area contributed by atoms with Crippen LogP contribution >= 0.6 is 0 Å². The largest absolute Gasteiger partial charge is 0.373 e. The van der Waals surface area contributed by atoms with Crippen molar-refractivity contribution in [3.63, 3.8) is 0 Å². The predicted molar refractivity (Wildman–Crippen MR) is 76.1 cm³/mol. The van der Waals surface area contributed by atoms with Crippen LogP contribution in [0.15, 0.2) is 24.3 Å². The first-order valence-electron chi connectivity index (χ1n) is 7.04. The van der Waals surface area contributed by atoms with Crippen molar-refractivity contribution < 1.29 is 9.13 Å². The van der Waals surface area contributed by atoms with Crippen LogP contribution in [0.1, 0.15) is 44.4 Å². The Morgan fingerprint density at radius 3 is 2.84 bits per heavy atom. The highest BCUT2D eigenvalue weighted by Gasteiger charge is 2.24. The fraction of sp³-hybridized carbons (Fsp3) is 0.625. The predicted octanol–water partition coefficient (Wildman–Crippen LogP) is 3.42. The molecule has 1 N–H and O–H groups in total. The normalized spacial score (nSPS) is 20.9. The minimum absolute atomic E-state index is 0.0460. The van der Waals surface area contributed by atoms with E-state index < -0.39 is 6.17 Å². The summed E-state index contributed by atoms with van der Waals surface area (Å²) in [5.74, 6) is 0. The zero-order valence-electron chi connectivity index (χ0n) is 12.1. The minimum Gasteiger partial charge on any atom is -0.373 e. The van der Waals surface area contributed by atoms with E-state index in [2.05, 4.69) is 17.4 Å². The summed E-state index contributed by atoms with van der Waals surface area (Å²) in [5, 5.41) is 3.20. The number of ether oxygens (including phenoxy) is 1. The van der Waals surface area contributed by atoms with Crippen LogP contribution in [0.25, 0.3) is 0 Å². The average molecular weight is 265 g/mol. The molecule has 0 amide bonds. The molecule has 2 unspecified atom stereocenters. The summed E-state index contributed by atoms with van der Waals surface area (Å²) in [6.07, 6.45) is 0.390. The van der Waals surface area contributed by atoms with E-state index in [9.17, 15) is 4.39 Å². The quantitative estimate of drug-likeness (QED) is 0.900. The first kappa shape index (κ1) is 14.5. The Hall–Kier alpha value is -0.930. The van der Waals surface area contributed by atoms with E-state index in [-0.39, 0.29) is 11.6 Å². The van der Waals surface area contributed by atoms with Gasteiger partial charge in [0.1, 0.15) is 6.17 Å². The lowest BCUT2D eigenvalue weighted by atomic mass is 9.94. The molecule has 0 saturated heterocycles. The van der Waals surface area contributed by atoms with E-state index in [1.165, 1.54) is 5.56 Å². The maximum atomic E-state index is 14.1. The summed E-state index contributed by atoms with van der Waals surface area (Å²) < 4.78 is 19.8. The molecule has 1 aromatic carbocycles. The molecule has 0 saturated carbocycles. The molecule has 2 rings (SSSR count). The molecule has 1 heterocycles. The number of hydrogen-bond donors (Lipinski definition) is 1. The molecule has 19 heavy (non-hydrogen) atoms. The summed E-state index contributed by atoms with van der Waals surface area (Å²) in [7, 11) is 0. The van der Waals surface area contributed by atoms with Gasteiger partial charge in [-0.25, -0.2) is 4.39 Å². The van der Waals surface area contributed by atoms with Crippen molar-refractivity contribution in [1.29, 1.82) is 0 Å². The molecular formula is C16H24FNO. The fourth-order valence-corrected chi connectivity index (χ4v) is 2.40. The van der Waals surface area contributed by atoms with Gasteiger partial charge in [0.15, 0.2) is 0 Å². The zero-order chi connectivity index (χ0) is 13.9. The molecule has 0 bridgehead atoms. The molecule has 1 aliphatic rings. The van der Waals surface area contributed by atoms with Gasteiger partial charge in [0.05, 0.1) is 12.7 Å². The van der Waals surface area contributed by atoms with Crippen molar-refractivity contribution in [1.82, 2.24) is 5.32 Å². The van der Waals surface area contributed by atoms with Crippen molar-refractivity contribution in [2.75, 3.05) is 13.2 Å². The lowest BCUT2D eigenvalue weighted by Crippen LogP contribution is -2.40. The van der Waals surface area contributed by atoms with Crippen molar-refractivity contribution in [2.24, 2.45) is 0 Å². The number of rotatable bonds is 4. The Bertz CT molecular complexity index is 413. The maximum Gasteiger partial charge on any atom is 0.115 e. The SMILES string of the molecule is CC(C)(C)NCC(F)CC1OCCc2ccccc21. The lowest BCUT2D eigenvalue weighted by Gasteiger charge is -2.28. The van der Waals surface area contributed by atoms with Gasteiger partial charge in [-0.15, -0.1) is 0 Å². The van der Waals surface area contributed by atoms with E-state index in [4.69, 9.17) is 4.74 Å². The number of hydrogen-bond acceptors (Lipinski definition) is 2. The molecule has 2 nitrogen and oxygen atoms in total. The zero-order valence-corrected chi connectivity index (χ0v) is 12.1. The van der Waals surface area contributed by atoms with Gasteiger partial charge in [-0.2, -0.15) is 0 Å².